The second-order valence-corrected chi connectivity index (χ2v) is 5.20. The van der Waals surface area contributed by atoms with Crippen molar-refractivity contribution in [3.8, 4) is 0 Å². The number of carboxylic acids is 1. The van der Waals surface area contributed by atoms with Gasteiger partial charge in [-0.1, -0.05) is 13.8 Å². The van der Waals surface area contributed by atoms with E-state index in [-0.39, 0.29) is 11.7 Å². The molecule has 1 aromatic heterocycles. The molecule has 2 rings (SSSR count). The van der Waals surface area contributed by atoms with Gasteiger partial charge in [-0.15, -0.1) is 0 Å². The molecule has 1 aromatic carbocycles. The molecular weight excluding hydrogens is 259 g/mol. The monoisotopic (exact) mass is 276 g/mol. The van der Waals surface area contributed by atoms with Crippen molar-refractivity contribution in [2.45, 2.75) is 26.3 Å². The number of nitrogens with zero attached hydrogens (tertiary/aromatic N) is 1. The third-order valence-electron chi connectivity index (χ3n) is 2.98. The fraction of sp³-hybridized carbons (Fsp3) is 0.333. The highest BCUT2D eigenvalue weighted by atomic mass is 19.1. The summed E-state index contributed by atoms with van der Waals surface area (Å²) in [5, 5.41) is 12.9. The van der Waals surface area contributed by atoms with Crippen LogP contribution < -0.4 is 5.32 Å². The first kappa shape index (κ1) is 14.2. The van der Waals surface area contributed by atoms with Crippen molar-refractivity contribution in [2.75, 3.05) is 5.32 Å². The Labute approximate surface area is 116 Å². The molecule has 1 heterocycles. The van der Waals surface area contributed by atoms with E-state index in [4.69, 9.17) is 0 Å². The summed E-state index contributed by atoms with van der Waals surface area (Å²) < 4.78 is 13.2. The molecule has 0 amide bonds. The van der Waals surface area contributed by atoms with E-state index in [9.17, 15) is 14.3 Å². The summed E-state index contributed by atoms with van der Waals surface area (Å²) in [5.74, 6) is -0.586. The van der Waals surface area contributed by atoms with E-state index in [1.165, 1.54) is 12.1 Å². The second-order valence-electron chi connectivity index (χ2n) is 5.20. The highest BCUT2D eigenvalue weighted by Gasteiger charge is 2.19. The number of hydrogen-bond donors (Lipinski definition) is 2. The smallest absolute Gasteiger partial charge is 0.326 e. The average Bonchev–Trinajstić information content (AvgIpc) is 2.36. The first-order valence-corrected chi connectivity index (χ1v) is 6.51. The maximum absolute atomic E-state index is 13.2. The number of anilines is 1. The third-order valence-corrected chi connectivity index (χ3v) is 2.98. The lowest BCUT2D eigenvalue weighted by atomic mass is 10.0. The lowest BCUT2D eigenvalue weighted by molar-refractivity contribution is -0.138. The highest BCUT2D eigenvalue weighted by Crippen LogP contribution is 2.18. The molecule has 2 aromatic rings. The van der Waals surface area contributed by atoms with Crippen molar-refractivity contribution in [3.63, 3.8) is 0 Å². The van der Waals surface area contributed by atoms with Gasteiger partial charge in [0.15, 0.2) is 0 Å². The molecule has 5 heteroatoms. The maximum Gasteiger partial charge on any atom is 0.326 e. The van der Waals surface area contributed by atoms with Gasteiger partial charge in [-0.3, -0.25) is 0 Å². The van der Waals surface area contributed by atoms with Crippen LogP contribution in [0.5, 0.6) is 0 Å². The summed E-state index contributed by atoms with van der Waals surface area (Å²) in [6.45, 7) is 3.92. The van der Waals surface area contributed by atoms with Gasteiger partial charge >= 0.3 is 5.97 Å². The number of aromatic nitrogens is 1. The van der Waals surface area contributed by atoms with Crippen LogP contribution >= 0.6 is 0 Å². The largest absolute Gasteiger partial charge is 0.480 e. The molecular formula is C15H17FN2O2. The predicted octanol–water partition coefficient (Wildman–Crippen LogP) is 3.29. The number of hydrogen-bond acceptors (Lipinski definition) is 3. The van der Waals surface area contributed by atoms with Crippen LogP contribution in [0.2, 0.25) is 0 Å². The Balaban J connectivity index is 2.25. The number of carbonyl (C=O) groups is 1. The van der Waals surface area contributed by atoms with Crippen LogP contribution in [0.15, 0.2) is 30.3 Å². The predicted molar refractivity (Wildman–Crippen MR) is 76.2 cm³/mol. The summed E-state index contributed by atoms with van der Waals surface area (Å²) in [4.78, 5) is 15.5. The Morgan fingerprint density at radius 3 is 2.70 bits per heavy atom. The molecule has 0 fully saturated rings. The van der Waals surface area contributed by atoms with Crippen LogP contribution in [0.4, 0.5) is 10.2 Å². The van der Waals surface area contributed by atoms with Crippen molar-refractivity contribution in [3.05, 3.63) is 36.1 Å². The lowest BCUT2D eigenvalue weighted by Crippen LogP contribution is -2.31. The first-order valence-electron chi connectivity index (χ1n) is 6.51. The third kappa shape index (κ3) is 3.44. The standard InChI is InChI=1S/C15H17FN2O2/c1-9(2)7-13(15(19)20)18-14-6-4-10-3-5-11(16)8-12(10)17-14/h3-6,8-9,13H,7H2,1-2H3,(H,17,18)(H,19,20)/t13-/m1/s1. The zero-order valence-electron chi connectivity index (χ0n) is 11.4. The van der Waals surface area contributed by atoms with Gasteiger partial charge in [0, 0.05) is 11.5 Å². The van der Waals surface area contributed by atoms with Crippen molar-refractivity contribution in [1.82, 2.24) is 4.98 Å². The van der Waals surface area contributed by atoms with E-state index >= 15 is 0 Å². The molecule has 0 radical (unpaired) electrons. The summed E-state index contributed by atoms with van der Waals surface area (Å²) >= 11 is 0. The average molecular weight is 276 g/mol. The van der Waals surface area contributed by atoms with Crippen LogP contribution in [0.25, 0.3) is 10.9 Å². The lowest BCUT2D eigenvalue weighted by Gasteiger charge is -2.17. The second kappa shape index (κ2) is 5.86. The van der Waals surface area contributed by atoms with Gasteiger partial charge in [-0.25, -0.2) is 14.2 Å². The number of carboxylic acid groups (broad SMARTS) is 1. The topological polar surface area (TPSA) is 62.2 Å². The van der Waals surface area contributed by atoms with E-state index in [0.717, 1.165) is 5.39 Å². The Kier molecular flexibility index (Phi) is 4.17. The Hall–Kier alpha value is -2.17. The fourth-order valence-corrected chi connectivity index (χ4v) is 2.04. The van der Waals surface area contributed by atoms with Gasteiger partial charge in [0.2, 0.25) is 0 Å². The minimum atomic E-state index is -0.917. The minimum Gasteiger partial charge on any atom is -0.480 e. The number of fused-ring (bicyclic) bond motifs is 1. The number of halogens is 1. The molecule has 0 saturated carbocycles. The quantitative estimate of drug-likeness (QED) is 0.879. The Morgan fingerprint density at radius 1 is 1.35 bits per heavy atom. The summed E-state index contributed by atoms with van der Waals surface area (Å²) in [6.07, 6.45) is 0.498. The molecule has 0 aliphatic carbocycles. The van der Waals surface area contributed by atoms with E-state index in [1.807, 2.05) is 13.8 Å². The van der Waals surface area contributed by atoms with Crippen LogP contribution in [0, 0.1) is 11.7 Å². The Morgan fingerprint density at radius 2 is 2.05 bits per heavy atom. The molecule has 0 aliphatic rings. The summed E-state index contributed by atoms with van der Waals surface area (Å²) in [5.41, 5.74) is 0.503. The van der Waals surface area contributed by atoms with E-state index in [0.29, 0.717) is 17.8 Å². The number of benzene rings is 1. The van der Waals surface area contributed by atoms with Crippen LogP contribution in [-0.4, -0.2) is 22.1 Å². The zero-order chi connectivity index (χ0) is 14.7. The van der Waals surface area contributed by atoms with Crippen molar-refractivity contribution in [1.29, 1.82) is 0 Å². The fourth-order valence-electron chi connectivity index (χ4n) is 2.04. The molecule has 0 aliphatic heterocycles. The molecule has 0 spiro atoms. The number of aliphatic carboxylic acids is 1. The molecule has 106 valence electrons. The van der Waals surface area contributed by atoms with E-state index < -0.39 is 12.0 Å². The van der Waals surface area contributed by atoms with Gasteiger partial charge in [0.25, 0.3) is 0 Å². The molecule has 0 bridgehead atoms. The first-order chi connectivity index (χ1) is 9.45. The molecule has 4 nitrogen and oxygen atoms in total. The van der Waals surface area contributed by atoms with Gasteiger partial charge in [0.1, 0.15) is 17.7 Å². The minimum absolute atomic E-state index is 0.251. The Bertz CT molecular complexity index is 628. The van der Waals surface area contributed by atoms with Crippen LogP contribution in [0.1, 0.15) is 20.3 Å². The maximum atomic E-state index is 13.2. The van der Waals surface area contributed by atoms with Crippen LogP contribution in [-0.2, 0) is 4.79 Å². The highest BCUT2D eigenvalue weighted by molar-refractivity contribution is 5.81. The van der Waals surface area contributed by atoms with Crippen LogP contribution in [0.3, 0.4) is 0 Å². The number of nitrogens with one attached hydrogen (secondary N) is 1. The molecule has 0 saturated heterocycles. The van der Waals surface area contributed by atoms with Gasteiger partial charge in [-0.2, -0.15) is 0 Å². The van der Waals surface area contributed by atoms with E-state index in [2.05, 4.69) is 10.3 Å². The van der Waals surface area contributed by atoms with Gasteiger partial charge in [-0.05, 0) is 36.6 Å². The SMILES string of the molecule is CC(C)C[C@@H](Nc1ccc2ccc(F)cc2n1)C(=O)O. The summed E-state index contributed by atoms with van der Waals surface area (Å²) in [7, 11) is 0. The molecule has 2 N–H and O–H groups in total. The molecule has 20 heavy (non-hydrogen) atoms. The molecule has 1 atom stereocenters. The number of pyridine rings is 1. The summed E-state index contributed by atoms with van der Waals surface area (Å²) in [6, 6.07) is 7.14. The van der Waals surface area contributed by atoms with Crippen molar-refractivity contribution >= 4 is 22.7 Å². The molecule has 0 unspecified atom stereocenters. The van der Waals surface area contributed by atoms with Gasteiger partial charge < -0.3 is 10.4 Å². The van der Waals surface area contributed by atoms with Gasteiger partial charge in [0.05, 0.1) is 5.52 Å². The van der Waals surface area contributed by atoms with Crippen molar-refractivity contribution in [2.24, 2.45) is 5.92 Å². The van der Waals surface area contributed by atoms with E-state index in [1.54, 1.807) is 18.2 Å². The zero-order valence-corrected chi connectivity index (χ0v) is 11.4. The number of rotatable bonds is 5. The van der Waals surface area contributed by atoms with Crippen molar-refractivity contribution < 1.29 is 14.3 Å². The normalized spacial score (nSPS) is 12.6.